The minimum absolute atomic E-state index is 0.161. The van der Waals surface area contributed by atoms with Gasteiger partial charge >= 0.3 is 0 Å². The van der Waals surface area contributed by atoms with Gasteiger partial charge in [-0.15, -0.1) is 0 Å². The topological polar surface area (TPSA) is 15.3 Å². The summed E-state index contributed by atoms with van der Waals surface area (Å²) in [5.41, 5.74) is 1.01. The van der Waals surface area contributed by atoms with Gasteiger partial charge in [-0.25, -0.2) is 4.39 Å². The number of piperidine rings is 1. The first-order chi connectivity index (χ1) is 8.72. The SMILES string of the molecule is Fc1ccc(Br)c(CNC2CCN3CCC2C3)c1. The van der Waals surface area contributed by atoms with Crippen molar-refractivity contribution in [2.75, 3.05) is 19.6 Å². The summed E-state index contributed by atoms with van der Waals surface area (Å²) in [5.74, 6) is 0.622. The zero-order chi connectivity index (χ0) is 12.5. The second kappa shape index (κ2) is 5.27. The Morgan fingerprint density at radius 3 is 3.06 bits per heavy atom. The molecule has 2 aliphatic heterocycles. The predicted molar refractivity (Wildman–Crippen MR) is 73.9 cm³/mol. The van der Waals surface area contributed by atoms with Gasteiger partial charge in [-0.1, -0.05) is 15.9 Å². The molecule has 2 nitrogen and oxygen atoms in total. The maximum Gasteiger partial charge on any atom is 0.123 e. The van der Waals surface area contributed by atoms with Crippen LogP contribution in [-0.4, -0.2) is 30.6 Å². The average Bonchev–Trinajstić information content (AvgIpc) is 2.75. The highest BCUT2D eigenvalue weighted by Crippen LogP contribution is 2.27. The molecule has 3 rings (SSSR count). The first-order valence-electron chi connectivity index (χ1n) is 6.62. The maximum atomic E-state index is 13.2. The molecular weight excluding hydrogens is 295 g/mol. The molecule has 0 amide bonds. The summed E-state index contributed by atoms with van der Waals surface area (Å²) in [6.07, 6.45) is 2.53. The van der Waals surface area contributed by atoms with Gasteiger partial charge in [0, 0.05) is 23.6 Å². The van der Waals surface area contributed by atoms with Gasteiger partial charge in [0.25, 0.3) is 0 Å². The van der Waals surface area contributed by atoms with Gasteiger partial charge in [-0.3, -0.25) is 0 Å². The number of fused-ring (bicyclic) bond motifs is 2. The number of benzene rings is 1. The van der Waals surface area contributed by atoms with Gasteiger partial charge in [-0.2, -0.15) is 0 Å². The lowest BCUT2D eigenvalue weighted by Crippen LogP contribution is -2.43. The molecule has 2 heterocycles. The molecule has 1 aromatic rings. The molecule has 2 saturated heterocycles. The van der Waals surface area contributed by atoms with E-state index >= 15 is 0 Å². The van der Waals surface area contributed by atoms with Crippen molar-refractivity contribution in [2.24, 2.45) is 5.92 Å². The van der Waals surface area contributed by atoms with E-state index in [1.54, 1.807) is 12.1 Å². The molecule has 0 radical (unpaired) electrons. The Kier molecular flexibility index (Phi) is 3.68. The number of rotatable bonds is 3. The minimum Gasteiger partial charge on any atom is -0.310 e. The first-order valence-corrected chi connectivity index (χ1v) is 7.41. The van der Waals surface area contributed by atoms with Crippen molar-refractivity contribution in [2.45, 2.75) is 25.4 Å². The van der Waals surface area contributed by atoms with Crippen LogP contribution in [0.25, 0.3) is 0 Å². The zero-order valence-corrected chi connectivity index (χ0v) is 11.9. The lowest BCUT2D eigenvalue weighted by molar-refractivity contribution is 0.220. The Bertz CT molecular complexity index is 438. The van der Waals surface area contributed by atoms with Gasteiger partial charge in [0.2, 0.25) is 0 Å². The van der Waals surface area contributed by atoms with E-state index < -0.39 is 0 Å². The van der Waals surface area contributed by atoms with Crippen LogP contribution in [0.15, 0.2) is 22.7 Å². The quantitative estimate of drug-likeness (QED) is 0.923. The Hall–Kier alpha value is -0.450. The third kappa shape index (κ3) is 2.60. The predicted octanol–water partition coefficient (Wildman–Crippen LogP) is 2.77. The van der Waals surface area contributed by atoms with E-state index in [1.807, 2.05) is 0 Å². The van der Waals surface area contributed by atoms with Gasteiger partial charge in [0.15, 0.2) is 0 Å². The summed E-state index contributed by atoms with van der Waals surface area (Å²) >= 11 is 3.48. The molecule has 1 N–H and O–H groups in total. The molecule has 2 fully saturated rings. The van der Waals surface area contributed by atoms with E-state index in [0.29, 0.717) is 6.04 Å². The molecule has 98 valence electrons. The van der Waals surface area contributed by atoms with Crippen LogP contribution in [0.2, 0.25) is 0 Å². The van der Waals surface area contributed by atoms with Crippen molar-refractivity contribution in [3.63, 3.8) is 0 Å². The van der Waals surface area contributed by atoms with Gasteiger partial charge in [-0.05, 0) is 55.6 Å². The van der Waals surface area contributed by atoms with Crippen molar-refractivity contribution < 1.29 is 4.39 Å². The highest BCUT2D eigenvalue weighted by Gasteiger charge is 2.33. The number of halogens is 2. The van der Waals surface area contributed by atoms with Crippen molar-refractivity contribution in [3.8, 4) is 0 Å². The van der Waals surface area contributed by atoms with Crippen LogP contribution in [0.1, 0.15) is 18.4 Å². The molecule has 3 unspecified atom stereocenters. The Labute approximate surface area is 116 Å². The number of hydrogen-bond acceptors (Lipinski definition) is 2. The van der Waals surface area contributed by atoms with E-state index in [4.69, 9.17) is 0 Å². The van der Waals surface area contributed by atoms with E-state index in [2.05, 4.69) is 26.1 Å². The molecule has 0 saturated carbocycles. The lowest BCUT2D eigenvalue weighted by Gasteiger charge is -2.31. The maximum absolute atomic E-state index is 13.2. The van der Waals surface area contributed by atoms with Crippen LogP contribution in [0.3, 0.4) is 0 Å². The normalized spacial score (nSPS) is 30.7. The third-order valence-electron chi connectivity index (χ3n) is 4.20. The fourth-order valence-electron chi connectivity index (χ4n) is 3.14. The summed E-state index contributed by atoms with van der Waals surface area (Å²) in [6, 6.07) is 5.48. The van der Waals surface area contributed by atoms with Crippen molar-refractivity contribution >= 4 is 15.9 Å². The van der Waals surface area contributed by atoms with E-state index in [1.165, 1.54) is 38.5 Å². The zero-order valence-electron chi connectivity index (χ0n) is 10.3. The standard InChI is InChI=1S/C14H18BrFN2/c15-13-2-1-12(16)7-11(13)8-17-14-4-6-18-5-3-10(14)9-18/h1-2,7,10,14,17H,3-6,8-9H2. The van der Waals surface area contributed by atoms with Gasteiger partial charge in [0.1, 0.15) is 5.82 Å². The van der Waals surface area contributed by atoms with Crippen molar-refractivity contribution in [1.82, 2.24) is 10.2 Å². The molecule has 0 spiro atoms. The summed E-state index contributed by atoms with van der Waals surface area (Å²) in [4.78, 5) is 2.54. The van der Waals surface area contributed by atoms with Crippen LogP contribution in [-0.2, 0) is 6.54 Å². The molecule has 0 aromatic heterocycles. The van der Waals surface area contributed by atoms with Crippen LogP contribution in [0.4, 0.5) is 4.39 Å². The Morgan fingerprint density at radius 1 is 1.33 bits per heavy atom. The number of hydrogen-bond donors (Lipinski definition) is 1. The molecule has 3 atom stereocenters. The monoisotopic (exact) mass is 312 g/mol. The number of nitrogens with zero attached hydrogens (tertiary/aromatic N) is 1. The highest BCUT2D eigenvalue weighted by atomic mass is 79.9. The largest absolute Gasteiger partial charge is 0.310 e. The summed E-state index contributed by atoms with van der Waals surface area (Å²) in [5, 5.41) is 3.61. The Morgan fingerprint density at radius 2 is 2.17 bits per heavy atom. The van der Waals surface area contributed by atoms with Crippen molar-refractivity contribution in [3.05, 3.63) is 34.1 Å². The second-order valence-electron chi connectivity index (χ2n) is 5.36. The molecule has 0 aliphatic carbocycles. The average molecular weight is 313 g/mol. The van der Waals surface area contributed by atoms with Crippen LogP contribution < -0.4 is 5.32 Å². The first kappa shape index (κ1) is 12.6. The smallest absolute Gasteiger partial charge is 0.123 e. The third-order valence-corrected chi connectivity index (χ3v) is 4.97. The highest BCUT2D eigenvalue weighted by molar-refractivity contribution is 9.10. The summed E-state index contributed by atoms with van der Waals surface area (Å²) < 4.78 is 14.2. The van der Waals surface area contributed by atoms with Gasteiger partial charge in [0.05, 0.1) is 0 Å². The van der Waals surface area contributed by atoms with E-state index in [-0.39, 0.29) is 5.82 Å². The van der Waals surface area contributed by atoms with Crippen LogP contribution >= 0.6 is 15.9 Å². The minimum atomic E-state index is -0.161. The van der Waals surface area contributed by atoms with Crippen LogP contribution in [0.5, 0.6) is 0 Å². The van der Waals surface area contributed by atoms with E-state index in [0.717, 1.165) is 22.5 Å². The van der Waals surface area contributed by atoms with E-state index in [9.17, 15) is 4.39 Å². The molecule has 1 aromatic carbocycles. The molecule has 2 aliphatic rings. The Balaban J connectivity index is 1.62. The van der Waals surface area contributed by atoms with Crippen molar-refractivity contribution in [1.29, 1.82) is 0 Å². The molecular formula is C14H18BrFN2. The summed E-state index contributed by atoms with van der Waals surface area (Å²) in [6.45, 7) is 4.45. The van der Waals surface area contributed by atoms with Gasteiger partial charge < -0.3 is 10.2 Å². The fraction of sp³-hybridized carbons (Fsp3) is 0.571. The fourth-order valence-corrected chi connectivity index (χ4v) is 3.53. The molecule has 4 heteroatoms. The molecule has 2 bridgehead atoms. The summed E-state index contributed by atoms with van der Waals surface area (Å²) in [7, 11) is 0. The van der Waals surface area contributed by atoms with Crippen LogP contribution in [0, 0.1) is 11.7 Å². The second-order valence-corrected chi connectivity index (χ2v) is 6.22. The molecule has 18 heavy (non-hydrogen) atoms. The number of nitrogens with one attached hydrogen (secondary N) is 1. The lowest BCUT2D eigenvalue weighted by atomic mass is 9.94.